The first-order valence-electron chi connectivity index (χ1n) is 4.53. The van der Waals surface area contributed by atoms with Gasteiger partial charge in [-0.15, -0.1) is 6.58 Å². The highest BCUT2D eigenvalue weighted by molar-refractivity contribution is 4.80. The van der Waals surface area contributed by atoms with Crippen molar-refractivity contribution >= 4 is 0 Å². The van der Waals surface area contributed by atoms with Gasteiger partial charge in [0.25, 0.3) is 0 Å². The second-order valence-electron chi connectivity index (χ2n) is 3.16. The zero-order chi connectivity index (χ0) is 8.69. The fourth-order valence-corrected chi connectivity index (χ4v) is 1.02. The van der Waals surface area contributed by atoms with Crippen LogP contribution >= 0.6 is 0 Å². The van der Waals surface area contributed by atoms with Crippen molar-refractivity contribution < 1.29 is 5.11 Å². The monoisotopic (exact) mass is 156 g/mol. The van der Waals surface area contributed by atoms with E-state index in [-0.39, 0.29) is 12.0 Å². The molecule has 0 radical (unpaired) electrons. The lowest BCUT2D eigenvalue weighted by Crippen LogP contribution is -2.14. The van der Waals surface area contributed by atoms with E-state index in [9.17, 15) is 5.11 Å². The first-order chi connectivity index (χ1) is 5.22. The van der Waals surface area contributed by atoms with E-state index in [1.54, 1.807) is 0 Å². The number of hydrogen-bond donors (Lipinski definition) is 1. The standard InChI is InChI=1S/C10H20O/c1-4-6-7-8-10(11)9(3)5-2/h5,9-11H,2,4,6-8H2,1,3H3/t9-,10+/m1/s1. The molecule has 1 N–H and O–H groups in total. The molecule has 0 aromatic heterocycles. The Bertz CT molecular complexity index is 99.0. The maximum atomic E-state index is 9.47. The lowest BCUT2D eigenvalue weighted by molar-refractivity contribution is 0.125. The molecule has 0 aliphatic carbocycles. The molecule has 0 saturated carbocycles. The molecule has 2 atom stereocenters. The summed E-state index contributed by atoms with van der Waals surface area (Å²) in [6, 6.07) is 0. The van der Waals surface area contributed by atoms with Crippen LogP contribution in [0.4, 0.5) is 0 Å². The fourth-order valence-electron chi connectivity index (χ4n) is 1.02. The van der Waals surface area contributed by atoms with Crippen molar-refractivity contribution in [2.24, 2.45) is 5.92 Å². The molecule has 0 fully saturated rings. The van der Waals surface area contributed by atoms with Crippen LogP contribution in [0, 0.1) is 5.92 Å². The Labute approximate surface area is 70.1 Å². The molecule has 0 aromatic carbocycles. The van der Waals surface area contributed by atoms with Crippen molar-refractivity contribution in [3.63, 3.8) is 0 Å². The maximum absolute atomic E-state index is 9.47. The van der Waals surface area contributed by atoms with Crippen molar-refractivity contribution in [3.05, 3.63) is 12.7 Å². The van der Waals surface area contributed by atoms with E-state index in [1.807, 2.05) is 13.0 Å². The van der Waals surface area contributed by atoms with Gasteiger partial charge in [-0.2, -0.15) is 0 Å². The molecular formula is C10H20O. The third-order valence-corrected chi connectivity index (χ3v) is 2.08. The molecule has 0 aromatic rings. The highest BCUT2D eigenvalue weighted by Crippen LogP contribution is 2.11. The molecule has 1 nitrogen and oxygen atoms in total. The van der Waals surface area contributed by atoms with Crippen LogP contribution in [0.25, 0.3) is 0 Å². The third kappa shape index (κ3) is 5.02. The summed E-state index contributed by atoms with van der Waals surface area (Å²) in [5.41, 5.74) is 0. The fraction of sp³-hybridized carbons (Fsp3) is 0.800. The second kappa shape index (κ2) is 6.41. The number of hydrogen-bond acceptors (Lipinski definition) is 1. The lowest BCUT2D eigenvalue weighted by Gasteiger charge is -2.14. The minimum atomic E-state index is -0.181. The van der Waals surface area contributed by atoms with Gasteiger partial charge in [-0.05, 0) is 12.3 Å². The first kappa shape index (κ1) is 10.7. The van der Waals surface area contributed by atoms with Gasteiger partial charge in [0.05, 0.1) is 6.10 Å². The number of aliphatic hydroxyl groups is 1. The predicted molar refractivity (Wildman–Crippen MR) is 49.5 cm³/mol. The Morgan fingerprint density at radius 1 is 1.45 bits per heavy atom. The van der Waals surface area contributed by atoms with Crippen LogP contribution in [0.15, 0.2) is 12.7 Å². The lowest BCUT2D eigenvalue weighted by atomic mass is 9.99. The summed E-state index contributed by atoms with van der Waals surface area (Å²) in [7, 11) is 0. The quantitative estimate of drug-likeness (QED) is 0.463. The summed E-state index contributed by atoms with van der Waals surface area (Å²) >= 11 is 0. The Morgan fingerprint density at radius 3 is 2.55 bits per heavy atom. The van der Waals surface area contributed by atoms with Gasteiger partial charge in [0.15, 0.2) is 0 Å². The highest BCUT2D eigenvalue weighted by atomic mass is 16.3. The van der Waals surface area contributed by atoms with Gasteiger partial charge in [-0.25, -0.2) is 0 Å². The number of unbranched alkanes of at least 4 members (excludes halogenated alkanes) is 2. The summed E-state index contributed by atoms with van der Waals surface area (Å²) in [6.07, 6.45) is 6.13. The molecule has 0 amide bonds. The Hall–Kier alpha value is -0.300. The van der Waals surface area contributed by atoms with Gasteiger partial charge in [-0.3, -0.25) is 0 Å². The SMILES string of the molecule is C=C[C@@H](C)[C@@H](O)CCCCC. The van der Waals surface area contributed by atoms with Gasteiger partial charge < -0.3 is 5.11 Å². The minimum absolute atomic E-state index is 0.181. The van der Waals surface area contributed by atoms with Gasteiger partial charge >= 0.3 is 0 Å². The average Bonchev–Trinajstić information content (AvgIpc) is 2.03. The zero-order valence-corrected chi connectivity index (χ0v) is 7.71. The van der Waals surface area contributed by atoms with Crippen molar-refractivity contribution in [1.29, 1.82) is 0 Å². The Kier molecular flexibility index (Phi) is 6.24. The summed E-state index contributed by atoms with van der Waals surface area (Å²) in [4.78, 5) is 0. The maximum Gasteiger partial charge on any atom is 0.0600 e. The molecule has 0 aliphatic heterocycles. The molecule has 0 spiro atoms. The van der Waals surface area contributed by atoms with E-state index in [1.165, 1.54) is 12.8 Å². The van der Waals surface area contributed by atoms with Crippen LogP contribution in [0.2, 0.25) is 0 Å². The van der Waals surface area contributed by atoms with Crippen LogP contribution in [-0.2, 0) is 0 Å². The van der Waals surface area contributed by atoms with Gasteiger partial charge in [0, 0.05) is 0 Å². The summed E-state index contributed by atoms with van der Waals surface area (Å²) in [5, 5.41) is 9.47. The van der Waals surface area contributed by atoms with Crippen molar-refractivity contribution in [2.45, 2.75) is 45.6 Å². The third-order valence-electron chi connectivity index (χ3n) is 2.08. The molecule has 11 heavy (non-hydrogen) atoms. The average molecular weight is 156 g/mol. The highest BCUT2D eigenvalue weighted by Gasteiger charge is 2.08. The second-order valence-corrected chi connectivity index (χ2v) is 3.16. The van der Waals surface area contributed by atoms with E-state index in [4.69, 9.17) is 0 Å². The smallest absolute Gasteiger partial charge is 0.0600 e. The summed E-state index contributed by atoms with van der Waals surface area (Å²) in [6.45, 7) is 7.82. The normalized spacial score (nSPS) is 15.9. The molecule has 66 valence electrons. The number of aliphatic hydroxyl groups excluding tert-OH is 1. The molecule has 1 heteroatoms. The molecular weight excluding hydrogens is 136 g/mol. The van der Waals surface area contributed by atoms with Crippen LogP contribution in [-0.4, -0.2) is 11.2 Å². The van der Waals surface area contributed by atoms with E-state index >= 15 is 0 Å². The summed E-state index contributed by atoms with van der Waals surface area (Å²) in [5.74, 6) is 0.242. The number of rotatable bonds is 6. The Balaban J connectivity index is 3.35. The first-order valence-corrected chi connectivity index (χ1v) is 4.53. The van der Waals surface area contributed by atoms with Crippen molar-refractivity contribution in [1.82, 2.24) is 0 Å². The molecule has 0 saturated heterocycles. The largest absolute Gasteiger partial charge is 0.393 e. The van der Waals surface area contributed by atoms with Crippen molar-refractivity contribution in [3.8, 4) is 0 Å². The molecule has 0 aliphatic rings. The minimum Gasteiger partial charge on any atom is -0.393 e. The van der Waals surface area contributed by atoms with Gasteiger partial charge in [0.2, 0.25) is 0 Å². The van der Waals surface area contributed by atoms with Crippen molar-refractivity contribution in [2.75, 3.05) is 0 Å². The van der Waals surface area contributed by atoms with Gasteiger partial charge in [-0.1, -0.05) is 39.2 Å². The Morgan fingerprint density at radius 2 is 2.09 bits per heavy atom. The molecule has 0 rings (SSSR count). The topological polar surface area (TPSA) is 20.2 Å². The van der Waals surface area contributed by atoms with E-state index < -0.39 is 0 Å². The van der Waals surface area contributed by atoms with Gasteiger partial charge in [0.1, 0.15) is 0 Å². The van der Waals surface area contributed by atoms with Crippen LogP contribution in [0.3, 0.4) is 0 Å². The van der Waals surface area contributed by atoms with Crippen LogP contribution in [0.5, 0.6) is 0 Å². The predicted octanol–water partition coefficient (Wildman–Crippen LogP) is 2.75. The zero-order valence-electron chi connectivity index (χ0n) is 7.71. The molecule has 0 bridgehead atoms. The summed E-state index contributed by atoms with van der Waals surface area (Å²) < 4.78 is 0. The van der Waals surface area contributed by atoms with E-state index in [2.05, 4.69) is 13.5 Å². The molecule has 0 unspecified atom stereocenters. The van der Waals surface area contributed by atoms with Crippen LogP contribution < -0.4 is 0 Å². The van der Waals surface area contributed by atoms with E-state index in [0.717, 1.165) is 12.8 Å². The van der Waals surface area contributed by atoms with E-state index in [0.29, 0.717) is 0 Å². The van der Waals surface area contributed by atoms with Crippen LogP contribution in [0.1, 0.15) is 39.5 Å². The molecule has 0 heterocycles.